The van der Waals surface area contributed by atoms with Gasteiger partial charge in [-0.2, -0.15) is 0 Å². The zero-order chi connectivity index (χ0) is 21.7. The smallest absolute Gasteiger partial charge is 0.319 e. The Morgan fingerprint density at radius 1 is 1.30 bits per heavy atom. The number of aliphatic hydroxyl groups excluding tert-OH is 1. The maximum Gasteiger partial charge on any atom is 0.319 e. The number of carbonyl (C=O) groups is 2. The zero-order valence-corrected chi connectivity index (χ0v) is 17.6. The van der Waals surface area contributed by atoms with Crippen LogP contribution in [0.15, 0.2) is 42.5 Å². The van der Waals surface area contributed by atoms with Crippen LogP contribution < -0.4 is 20.7 Å². The number of fused-ring (bicyclic) bond motifs is 1. The van der Waals surface area contributed by atoms with Crippen molar-refractivity contribution >= 4 is 34.9 Å². The van der Waals surface area contributed by atoms with Gasteiger partial charge in [0.15, 0.2) is 6.61 Å². The first-order valence-electron chi connectivity index (χ1n) is 9.52. The molecule has 0 unspecified atom stereocenters. The van der Waals surface area contributed by atoms with Crippen LogP contribution in [0.1, 0.15) is 11.7 Å². The molecule has 0 saturated carbocycles. The number of nitrogens with zero attached hydrogens (tertiary/aromatic N) is 1. The van der Waals surface area contributed by atoms with Crippen LogP contribution in [0.4, 0.5) is 16.2 Å². The number of amides is 3. The monoisotopic (exact) mass is 432 g/mol. The Labute approximate surface area is 180 Å². The lowest BCUT2D eigenvalue weighted by Crippen LogP contribution is -2.39. The minimum atomic E-state index is -0.724. The van der Waals surface area contributed by atoms with Gasteiger partial charge in [0.05, 0.1) is 22.5 Å². The number of urea groups is 1. The Morgan fingerprint density at radius 2 is 2.03 bits per heavy atom. The second-order valence-corrected chi connectivity index (χ2v) is 7.79. The van der Waals surface area contributed by atoms with Crippen molar-refractivity contribution in [3.8, 4) is 5.75 Å². The number of hydrogen-bond donors (Lipinski definition) is 4. The van der Waals surface area contributed by atoms with Gasteiger partial charge in [-0.05, 0) is 25.7 Å². The van der Waals surface area contributed by atoms with E-state index in [1.165, 1.54) is 6.07 Å². The summed E-state index contributed by atoms with van der Waals surface area (Å²) in [5.74, 6) is -0.0501. The predicted molar refractivity (Wildman–Crippen MR) is 116 cm³/mol. The Morgan fingerprint density at radius 3 is 2.73 bits per heavy atom. The zero-order valence-electron chi connectivity index (χ0n) is 16.8. The number of halogens is 1. The summed E-state index contributed by atoms with van der Waals surface area (Å²) in [5.41, 5.74) is 1.61. The summed E-state index contributed by atoms with van der Waals surface area (Å²) in [4.78, 5) is 25.8. The summed E-state index contributed by atoms with van der Waals surface area (Å²) in [6.07, 6.45) is -0.724. The molecule has 0 spiro atoms. The summed E-state index contributed by atoms with van der Waals surface area (Å²) in [6, 6.07) is 12.0. The highest BCUT2D eigenvalue weighted by Crippen LogP contribution is 2.36. The molecule has 160 valence electrons. The largest absolute Gasteiger partial charge is 0.482 e. The minimum absolute atomic E-state index is 0.0934. The number of ether oxygens (including phenoxy) is 1. The van der Waals surface area contributed by atoms with Crippen molar-refractivity contribution in [3.05, 3.63) is 53.1 Å². The number of anilines is 2. The number of aliphatic hydroxyl groups is 1. The molecule has 0 aliphatic carbocycles. The molecule has 2 aromatic rings. The molecule has 9 heteroatoms. The van der Waals surface area contributed by atoms with Gasteiger partial charge in [-0.1, -0.05) is 41.9 Å². The number of rotatable bonds is 7. The van der Waals surface area contributed by atoms with Crippen LogP contribution >= 0.6 is 11.6 Å². The fourth-order valence-electron chi connectivity index (χ4n) is 3.25. The van der Waals surface area contributed by atoms with Crippen LogP contribution in [0.3, 0.4) is 0 Å². The molecule has 3 rings (SSSR count). The van der Waals surface area contributed by atoms with Crippen molar-refractivity contribution in [1.29, 1.82) is 0 Å². The highest BCUT2D eigenvalue weighted by molar-refractivity contribution is 6.34. The maximum absolute atomic E-state index is 12.4. The van der Waals surface area contributed by atoms with Crippen LogP contribution in [0.2, 0.25) is 5.02 Å². The molecule has 4 N–H and O–H groups in total. The Balaban J connectivity index is 1.64. The fourth-order valence-corrected chi connectivity index (χ4v) is 3.46. The van der Waals surface area contributed by atoms with E-state index >= 15 is 0 Å². The first-order valence-corrected chi connectivity index (χ1v) is 9.90. The van der Waals surface area contributed by atoms with Crippen LogP contribution in [0, 0.1) is 5.92 Å². The Bertz CT molecular complexity index is 907. The van der Waals surface area contributed by atoms with Crippen molar-refractivity contribution in [2.45, 2.75) is 6.10 Å². The normalized spacial score (nSPS) is 14.9. The number of nitrogens with one attached hydrogen (secondary N) is 3. The van der Waals surface area contributed by atoms with Gasteiger partial charge in [0.2, 0.25) is 0 Å². The standard InChI is InChI=1S/C21H25ClN4O4/c1-26(2)11-14(20(28)13-6-4-3-5-7-13)10-23-21(29)25-16-9-18-17(8-15(16)22)24-19(27)12-30-18/h3-9,14,20,28H,10-12H2,1-2H3,(H,24,27)(H2,23,25,29)/t14-,20+/m1/s1. The third kappa shape index (κ3) is 5.63. The SMILES string of the molecule is CN(C)C[C@@H](CNC(=O)Nc1cc2c(cc1Cl)NC(=O)CO2)[C@@H](O)c1ccccc1. The molecule has 0 saturated heterocycles. The molecule has 0 fully saturated rings. The summed E-state index contributed by atoms with van der Waals surface area (Å²) < 4.78 is 5.35. The van der Waals surface area contributed by atoms with Crippen molar-refractivity contribution in [2.75, 3.05) is 44.4 Å². The van der Waals surface area contributed by atoms with Gasteiger partial charge in [-0.25, -0.2) is 4.79 Å². The van der Waals surface area contributed by atoms with Gasteiger partial charge >= 0.3 is 6.03 Å². The average Bonchev–Trinajstić information content (AvgIpc) is 2.71. The molecule has 1 heterocycles. The Kier molecular flexibility index (Phi) is 7.15. The molecule has 1 aliphatic heterocycles. The van der Waals surface area contributed by atoms with E-state index in [0.29, 0.717) is 23.7 Å². The summed E-state index contributed by atoms with van der Waals surface area (Å²) >= 11 is 6.22. The third-order valence-electron chi connectivity index (χ3n) is 4.66. The van der Waals surface area contributed by atoms with Crippen LogP contribution in [0.5, 0.6) is 5.75 Å². The Hall–Kier alpha value is -2.81. The van der Waals surface area contributed by atoms with Crippen LogP contribution in [-0.2, 0) is 4.79 Å². The molecule has 2 atom stereocenters. The van der Waals surface area contributed by atoms with Gasteiger partial charge in [0, 0.05) is 25.1 Å². The van der Waals surface area contributed by atoms with Gasteiger partial charge in [0.1, 0.15) is 5.75 Å². The lowest BCUT2D eigenvalue weighted by molar-refractivity contribution is -0.118. The first kappa shape index (κ1) is 21.9. The molecule has 2 aromatic carbocycles. The van der Waals surface area contributed by atoms with Crippen molar-refractivity contribution < 1.29 is 19.4 Å². The van der Waals surface area contributed by atoms with Crippen LogP contribution in [0.25, 0.3) is 0 Å². The highest BCUT2D eigenvalue weighted by atomic mass is 35.5. The average molecular weight is 433 g/mol. The summed E-state index contributed by atoms with van der Waals surface area (Å²) in [6.45, 7) is 0.753. The topological polar surface area (TPSA) is 103 Å². The third-order valence-corrected chi connectivity index (χ3v) is 4.98. The second kappa shape index (κ2) is 9.80. The molecule has 0 aromatic heterocycles. The molecule has 3 amide bonds. The maximum atomic E-state index is 12.4. The van der Waals surface area contributed by atoms with Crippen LogP contribution in [-0.4, -0.2) is 55.7 Å². The highest BCUT2D eigenvalue weighted by Gasteiger charge is 2.23. The van der Waals surface area contributed by atoms with E-state index < -0.39 is 12.1 Å². The molecular formula is C21H25ClN4O4. The van der Waals surface area contributed by atoms with Crippen molar-refractivity contribution in [2.24, 2.45) is 5.92 Å². The molecule has 0 bridgehead atoms. The van der Waals surface area contributed by atoms with E-state index in [9.17, 15) is 14.7 Å². The lowest BCUT2D eigenvalue weighted by Gasteiger charge is -2.26. The molecule has 8 nitrogen and oxygen atoms in total. The number of benzene rings is 2. The van der Waals surface area contributed by atoms with Gasteiger partial charge in [-0.15, -0.1) is 0 Å². The molecule has 0 radical (unpaired) electrons. The quantitative estimate of drug-likeness (QED) is 0.538. The lowest BCUT2D eigenvalue weighted by atomic mass is 9.95. The molecule has 1 aliphatic rings. The van der Waals surface area contributed by atoms with E-state index in [1.807, 2.05) is 49.3 Å². The van der Waals surface area contributed by atoms with Gasteiger partial charge < -0.3 is 30.7 Å². The van der Waals surface area contributed by atoms with Crippen molar-refractivity contribution in [3.63, 3.8) is 0 Å². The van der Waals surface area contributed by atoms with E-state index in [4.69, 9.17) is 16.3 Å². The fraction of sp³-hybridized carbons (Fsp3) is 0.333. The minimum Gasteiger partial charge on any atom is -0.482 e. The number of hydrogen-bond acceptors (Lipinski definition) is 5. The second-order valence-electron chi connectivity index (χ2n) is 7.38. The van der Waals surface area contributed by atoms with E-state index in [-0.39, 0.29) is 30.0 Å². The summed E-state index contributed by atoms with van der Waals surface area (Å²) in [7, 11) is 3.83. The van der Waals surface area contributed by atoms with E-state index in [2.05, 4.69) is 16.0 Å². The van der Waals surface area contributed by atoms with Gasteiger partial charge in [-0.3, -0.25) is 4.79 Å². The van der Waals surface area contributed by atoms with E-state index in [0.717, 1.165) is 5.56 Å². The number of carbonyl (C=O) groups excluding carboxylic acids is 2. The summed E-state index contributed by atoms with van der Waals surface area (Å²) in [5, 5.41) is 19.2. The predicted octanol–water partition coefficient (Wildman–Crippen LogP) is 2.70. The first-order chi connectivity index (χ1) is 14.3. The van der Waals surface area contributed by atoms with Gasteiger partial charge in [0.25, 0.3) is 5.91 Å². The van der Waals surface area contributed by atoms with E-state index in [1.54, 1.807) is 6.07 Å². The van der Waals surface area contributed by atoms with Crippen molar-refractivity contribution in [1.82, 2.24) is 10.2 Å². The molecule has 30 heavy (non-hydrogen) atoms. The molecular weight excluding hydrogens is 408 g/mol.